The zero-order valence-corrected chi connectivity index (χ0v) is 10.1. The van der Waals surface area contributed by atoms with E-state index in [9.17, 15) is 15.0 Å². The number of nitrogen functional groups attached to an aromatic ring is 1. The van der Waals surface area contributed by atoms with Gasteiger partial charge >= 0.3 is 5.69 Å². The molecule has 104 valence electrons. The molecule has 2 saturated heterocycles. The highest BCUT2D eigenvalue weighted by Crippen LogP contribution is 2.40. The van der Waals surface area contributed by atoms with Gasteiger partial charge in [-0.3, -0.25) is 4.57 Å². The van der Waals surface area contributed by atoms with E-state index in [0.717, 1.165) is 0 Å². The summed E-state index contributed by atoms with van der Waals surface area (Å²) in [4.78, 5) is 15.4. The molecular formula is C11H15N3O5. The fraction of sp³-hybridized carbons (Fsp3) is 0.636. The number of ether oxygens (including phenoxy) is 2. The molecule has 8 nitrogen and oxygen atoms in total. The second-order valence-corrected chi connectivity index (χ2v) is 4.87. The van der Waals surface area contributed by atoms with E-state index < -0.39 is 29.7 Å². The average Bonchev–Trinajstić information content (AvgIpc) is 2.59. The Morgan fingerprint density at radius 2 is 2.42 bits per heavy atom. The first-order chi connectivity index (χ1) is 9.05. The summed E-state index contributed by atoms with van der Waals surface area (Å²) in [6.07, 6.45) is -0.198. The van der Waals surface area contributed by atoms with Crippen molar-refractivity contribution in [2.45, 2.75) is 30.5 Å². The van der Waals surface area contributed by atoms with E-state index in [-0.39, 0.29) is 19.0 Å². The number of nitrogens with zero attached hydrogens (tertiary/aromatic N) is 2. The maximum absolute atomic E-state index is 11.8. The molecule has 3 rings (SSSR count). The summed E-state index contributed by atoms with van der Waals surface area (Å²) in [6, 6.07) is 1.49. The summed E-state index contributed by atoms with van der Waals surface area (Å²) < 4.78 is 12.4. The van der Waals surface area contributed by atoms with Gasteiger partial charge in [-0.25, -0.2) is 4.79 Å². The molecule has 0 aliphatic carbocycles. The van der Waals surface area contributed by atoms with Crippen LogP contribution >= 0.6 is 0 Å². The average molecular weight is 269 g/mol. The number of anilines is 1. The van der Waals surface area contributed by atoms with Crippen LogP contribution in [0.2, 0.25) is 0 Å². The Labute approximate surface area is 108 Å². The third-order valence-electron chi connectivity index (χ3n) is 3.67. The van der Waals surface area contributed by atoms with Crippen LogP contribution in [-0.4, -0.2) is 50.8 Å². The van der Waals surface area contributed by atoms with E-state index in [1.165, 1.54) is 16.8 Å². The fourth-order valence-corrected chi connectivity index (χ4v) is 2.57. The first-order valence-electron chi connectivity index (χ1n) is 5.99. The fourth-order valence-electron chi connectivity index (χ4n) is 2.57. The predicted octanol–water partition coefficient (Wildman–Crippen LogP) is -1.76. The van der Waals surface area contributed by atoms with Crippen molar-refractivity contribution in [3.63, 3.8) is 0 Å². The molecule has 1 aromatic heterocycles. The van der Waals surface area contributed by atoms with Gasteiger partial charge in [0.25, 0.3) is 0 Å². The first-order valence-corrected chi connectivity index (χ1v) is 5.99. The Kier molecular flexibility index (Phi) is 2.82. The molecule has 0 saturated carbocycles. The molecule has 8 heteroatoms. The smallest absolute Gasteiger partial charge is 0.351 e. The van der Waals surface area contributed by atoms with Crippen LogP contribution in [0.15, 0.2) is 17.1 Å². The molecule has 0 amide bonds. The topological polar surface area (TPSA) is 120 Å². The highest BCUT2D eigenvalue weighted by Gasteiger charge is 2.56. The standard InChI is InChI=1S/C11H15N3O5/c12-7-1-2-14(10(17)13-7)8-3-6-9(16)11(4-15,19-8)5-18-6/h1-2,6,8-9,15-16H,3-5H2,(H2,12,13,17)/t6?,8-,9+,11+/m1/s1. The van der Waals surface area contributed by atoms with Crippen LogP contribution in [0.5, 0.6) is 0 Å². The van der Waals surface area contributed by atoms with E-state index in [0.29, 0.717) is 6.42 Å². The van der Waals surface area contributed by atoms with Gasteiger partial charge < -0.3 is 25.4 Å². The van der Waals surface area contributed by atoms with Gasteiger partial charge in [-0.2, -0.15) is 4.98 Å². The van der Waals surface area contributed by atoms with Crippen molar-refractivity contribution in [2.75, 3.05) is 18.9 Å². The number of hydrogen-bond acceptors (Lipinski definition) is 7. The zero-order chi connectivity index (χ0) is 13.6. The molecule has 0 spiro atoms. The second-order valence-electron chi connectivity index (χ2n) is 4.87. The Hall–Kier alpha value is -1.48. The minimum absolute atomic E-state index is 0.100. The molecule has 1 unspecified atom stereocenters. The Morgan fingerprint density at radius 1 is 1.63 bits per heavy atom. The van der Waals surface area contributed by atoms with Crippen molar-refractivity contribution in [2.24, 2.45) is 0 Å². The minimum Gasteiger partial charge on any atom is -0.393 e. The molecule has 2 aliphatic rings. The molecule has 2 bridgehead atoms. The predicted molar refractivity (Wildman–Crippen MR) is 63.2 cm³/mol. The quantitative estimate of drug-likeness (QED) is 0.581. The first kappa shape index (κ1) is 12.5. The molecule has 4 atom stereocenters. The van der Waals surface area contributed by atoms with Gasteiger partial charge in [-0.15, -0.1) is 0 Å². The van der Waals surface area contributed by atoms with Gasteiger partial charge in [0.2, 0.25) is 0 Å². The van der Waals surface area contributed by atoms with Crippen molar-refractivity contribution in [1.29, 1.82) is 0 Å². The van der Waals surface area contributed by atoms with Gasteiger partial charge in [0.1, 0.15) is 23.8 Å². The third kappa shape index (κ3) is 1.84. The number of aliphatic hydroxyl groups excluding tert-OH is 2. The molecule has 2 aliphatic heterocycles. The summed E-state index contributed by atoms with van der Waals surface area (Å²) >= 11 is 0. The van der Waals surface area contributed by atoms with Crippen LogP contribution in [0.1, 0.15) is 12.6 Å². The summed E-state index contributed by atoms with van der Waals surface area (Å²) in [7, 11) is 0. The lowest BCUT2D eigenvalue weighted by Gasteiger charge is -2.39. The van der Waals surface area contributed by atoms with Crippen molar-refractivity contribution in [3.8, 4) is 0 Å². The number of fused-ring (bicyclic) bond motifs is 2. The minimum atomic E-state index is -1.17. The largest absolute Gasteiger partial charge is 0.393 e. The highest BCUT2D eigenvalue weighted by molar-refractivity contribution is 5.23. The van der Waals surface area contributed by atoms with Crippen LogP contribution in [-0.2, 0) is 9.47 Å². The summed E-state index contributed by atoms with van der Waals surface area (Å²) in [5.74, 6) is 0.133. The van der Waals surface area contributed by atoms with Gasteiger partial charge in [-0.1, -0.05) is 0 Å². The van der Waals surface area contributed by atoms with Gasteiger partial charge in [0.15, 0.2) is 0 Å². The van der Waals surface area contributed by atoms with Gasteiger partial charge in [0.05, 0.1) is 19.3 Å². The zero-order valence-electron chi connectivity index (χ0n) is 10.1. The number of aromatic nitrogens is 2. The van der Waals surface area contributed by atoms with Crippen LogP contribution in [0.4, 0.5) is 5.82 Å². The highest BCUT2D eigenvalue weighted by atomic mass is 16.6. The van der Waals surface area contributed by atoms with Crippen molar-refractivity contribution in [1.82, 2.24) is 9.55 Å². The van der Waals surface area contributed by atoms with Crippen LogP contribution in [0, 0.1) is 0 Å². The van der Waals surface area contributed by atoms with Gasteiger partial charge in [-0.05, 0) is 6.07 Å². The number of aliphatic hydroxyl groups is 2. The van der Waals surface area contributed by atoms with E-state index in [1.54, 1.807) is 0 Å². The molecule has 4 N–H and O–H groups in total. The SMILES string of the molecule is Nc1ccn([C@H]2CC3OC[C@](CO)(O2)[C@H]3O)c(=O)n1. The summed E-state index contributed by atoms with van der Waals surface area (Å²) in [5, 5.41) is 19.4. The Morgan fingerprint density at radius 3 is 3.11 bits per heavy atom. The maximum Gasteiger partial charge on any atom is 0.351 e. The van der Waals surface area contributed by atoms with E-state index in [1.807, 2.05) is 0 Å². The molecule has 1 aromatic rings. The normalized spacial score (nSPS) is 37.5. The van der Waals surface area contributed by atoms with Gasteiger partial charge in [0, 0.05) is 12.6 Å². The monoisotopic (exact) mass is 269 g/mol. The van der Waals surface area contributed by atoms with Crippen molar-refractivity contribution >= 4 is 5.82 Å². The van der Waals surface area contributed by atoms with Crippen LogP contribution < -0.4 is 11.4 Å². The van der Waals surface area contributed by atoms with E-state index >= 15 is 0 Å². The lowest BCUT2D eigenvalue weighted by atomic mass is 9.92. The molecule has 0 radical (unpaired) electrons. The van der Waals surface area contributed by atoms with Crippen LogP contribution in [0.25, 0.3) is 0 Å². The molecule has 0 aromatic carbocycles. The lowest BCUT2D eigenvalue weighted by molar-refractivity contribution is -0.208. The Balaban J connectivity index is 1.94. The second kappa shape index (κ2) is 4.27. The number of hydrogen-bond donors (Lipinski definition) is 3. The van der Waals surface area contributed by atoms with Crippen LogP contribution in [0.3, 0.4) is 0 Å². The summed E-state index contributed by atoms with van der Waals surface area (Å²) in [6.45, 7) is -0.276. The maximum atomic E-state index is 11.8. The molecule has 3 heterocycles. The molecule has 19 heavy (non-hydrogen) atoms. The van der Waals surface area contributed by atoms with Crippen molar-refractivity contribution in [3.05, 3.63) is 22.7 Å². The number of nitrogens with two attached hydrogens (primary N) is 1. The van der Waals surface area contributed by atoms with Crippen molar-refractivity contribution < 1.29 is 19.7 Å². The third-order valence-corrected chi connectivity index (χ3v) is 3.67. The number of rotatable bonds is 2. The summed E-state index contributed by atoms with van der Waals surface area (Å²) in [5.41, 5.74) is 3.72. The van der Waals surface area contributed by atoms with E-state index in [2.05, 4.69) is 4.98 Å². The molecule has 2 fully saturated rings. The Bertz CT molecular complexity index is 547. The lowest BCUT2D eigenvalue weighted by Crippen LogP contribution is -2.55. The molecular weight excluding hydrogens is 254 g/mol. The van der Waals surface area contributed by atoms with E-state index in [4.69, 9.17) is 15.2 Å².